The minimum Gasteiger partial charge on any atom is -0.772 e. The molecular weight excluding hydrogens is 318 g/mol. The number of aryl methyl sites for hydroxylation is 1. The number of amides is 1. The number of nitrogens with zero attached hydrogens (tertiary/aromatic N) is 1. The topological polar surface area (TPSA) is 162 Å². The van der Waals surface area contributed by atoms with E-state index in [-0.39, 0.29) is 16.9 Å². The third kappa shape index (κ3) is 5.34. The van der Waals surface area contributed by atoms with Crippen molar-refractivity contribution < 1.29 is 22.3 Å². The maximum Gasteiger partial charge on any atom is 0.280 e. The second-order valence-electron chi connectivity index (χ2n) is 4.17. The number of benzene rings is 1. The molecule has 0 radical (unpaired) electrons. The summed E-state index contributed by atoms with van der Waals surface area (Å²) in [7, 11) is 0. The van der Waals surface area contributed by atoms with Crippen LogP contribution in [-0.4, -0.2) is 29.4 Å². The van der Waals surface area contributed by atoms with E-state index in [0.29, 0.717) is 11.1 Å². The fourth-order valence-electron chi connectivity index (χ4n) is 1.74. The molecule has 1 aromatic carbocycles. The number of rotatable bonds is 5. The molecule has 10 heteroatoms. The molecule has 0 fully saturated rings. The predicted octanol–water partition coefficient (Wildman–Crippen LogP) is -0.833. The molecule has 0 spiro atoms. The van der Waals surface area contributed by atoms with Crippen LogP contribution in [0.2, 0.25) is 0 Å². The van der Waals surface area contributed by atoms with E-state index >= 15 is 0 Å². The lowest BCUT2D eigenvalue weighted by molar-refractivity contribution is 0.100. The summed E-state index contributed by atoms with van der Waals surface area (Å²) in [5, 5.41) is 0. The summed E-state index contributed by atoms with van der Waals surface area (Å²) in [4.78, 5) is 15.2. The molecule has 0 aliphatic heterocycles. The Morgan fingerprint density at radius 2 is 1.62 bits per heavy atom. The molecule has 2 unspecified atom stereocenters. The van der Waals surface area contributed by atoms with Crippen molar-refractivity contribution >= 4 is 34.0 Å². The van der Waals surface area contributed by atoms with E-state index in [4.69, 9.17) is 11.5 Å². The fraction of sp³-hybridized carbons (Fsp3) is 0.273. The number of hydrogen-bond acceptors (Lipinski definition) is 5. The second-order valence-corrected chi connectivity index (χ2v) is 5.97. The minimum absolute atomic E-state index is 0.115. The van der Waals surface area contributed by atoms with Gasteiger partial charge in [-0.05, 0) is 29.7 Å². The van der Waals surface area contributed by atoms with Crippen molar-refractivity contribution in [2.24, 2.45) is 16.5 Å². The van der Waals surface area contributed by atoms with Gasteiger partial charge in [0, 0.05) is 17.1 Å². The number of carbonyl (C=O) groups excluding carboxylic acids is 1. The summed E-state index contributed by atoms with van der Waals surface area (Å²) in [5.41, 5.74) is 11.3. The molecule has 0 saturated heterocycles. The van der Waals surface area contributed by atoms with Gasteiger partial charge in [0.1, 0.15) is 0 Å². The first-order chi connectivity index (χ1) is 9.70. The van der Waals surface area contributed by atoms with Crippen LogP contribution in [0.5, 0.6) is 0 Å². The SMILES string of the molecule is Cc1cc(CS(=O)[O-])c(CS(=O)[O-])cc1C(=O)N=C(N)N. The zero-order valence-corrected chi connectivity index (χ0v) is 12.7. The van der Waals surface area contributed by atoms with Gasteiger partial charge < -0.3 is 20.6 Å². The van der Waals surface area contributed by atoms with Gasteiger partial charge in [-0.2, -0.15) is 4.99 Å². The maximum absolute atomic E-state index is 11.8. The van der Waals surface area contributed by atoms with Gasteiger partial charge in [-0.1, -0.05) is 28.2 Å². The summed E-state index contributed by atoms with van der Waals surface area (Å²) in [6, 6.07) is 2.73. The first kappa shape index (κ1) is 17.4. The smallest absolute Gasteiger partial charge is 0.280 e. The molecular formula is C11H13N3O5S2-2. The Morgan fingerprint density at radius 3 is 2.05 bits per heavy atom. The number of hydrogen-bond donors (Lipinski definition) is 2. The molecule has 0 saturated carbocycles. The quantitative estimate of drug-likeness (QED) is 0.404. The van der Waals surface area contributed by atoms with E-state index in [2.05, 4.69) is 4.99 Å². The zero-order chi connectivity index (χ0) is 16.2. The first-order valence-electron chi connectivity index (χ1n) is 5.58. The van der Waals surface area contributed by atoms with Crippen molar-refractivity contribution in [3.8, 4) is 0 Å². The second kappa shape index (κ2) is 7.41. The highest BCUT2D eigenvalue weighted by Gasteiger charge is 2.13. The van der Waals surface area contributed by atoms with Gasteiger partial charge in [-0.25, -0.2) is 0 Å². The van der Waals surface area contributed by atoms with E-state index in [1.807, 2.05) is 0 Å². The molecule has 1 aromatic rings. The summed E-state index contributed by atoms with van der Waals surface area (Å²) in [5.74, 6) is -1.89. The monoisotopic (exact) mass is 331 g/mol. The molecule has 4 N–H and O–H groups in total. The maximum atomic E-state index is 11.8. The van der Waals surface area contributed by atoms with Gasteiger partial charge >= 0.3 is 0 Å². The van der Waals surface area contributed by atoms with Gasteiger partial charge in [0.05, 0.1) is 0 Å². The van der Waals surface area contributed by atoms with Crippen LogP contribution in [0.25, 0.3) is 0 Å². The third-order valence-corrected chi connectivity index (χ3v) is 3.65. The number of guanidine groups is 1. The summed E-state index contributed by atoms with van der Waals surface area (Å²) in [6.45, 7) is 1.57. The molecule has 0 bridgehead atoms. The van der Waals surface area contributed by atoms with Gasteiger partial charge in [0.2, 0.25) is 0 Å². The highest BCUT2D eigenvalue weighted by atomic mass is 32.2. The van der Waals surface area contributed by atoms with E-state index in [1.165, 1.54) is 12.1 Å². The van der Waals surface area contributed by atoms with Crippen LogP contribution in [0.1, 0.15) is 27.0 Å². The summed E-state index contributed by atoms with van der Waals surface area (Å²) >= 11 is -4.81. The largest absolute Gasteiger partial charge is 0.772 e. The molecule has 8 nitrogen and oxygen atoms in total. The average Bonchev–Trinajstić information content (AvgIpc) is 2.30. The third-order valence-electron chi connectivity index (χ3n) is 2.55. The van der Waals surface area contributed by atoms with Crippen LogP contribution in [0, 0.1) is 6.92 Å². The number of aliphatic imine (C=N–C) groups is 1. The Bertz CT molecular complexity index is 641. The molecule has 116 valence electrons. The predicted molar refractivity (Wildman–Crippen MR) is 76.6 cm³/mol. The van der Waals surface area contributed by atoms with Gasteiger partial charge in [0.15, 0.2) is 5.96 Å². The molecule has 1 rings (SSSR count). The van der Waals surface area contributed by atoms with Crippen LogP contribution in [0.15, 0.2) is 17.1 Å². The number of carbonyl (C=O) groups is 1. The van der Waals surface area contributed by atoms with Crippen molar-refractivity contribution in [1.82, 2.24) is 0 Å². The Morgan fingerprint density at radius 1 is 1.14 bits per heavy atom. The van der Waals surface area contributed by atoms with Crippen LogP contribution in [0.4, 0.5) is 0 Å². The molecule has 2 atom stereocenters. The normalized spacial score (nSPS) is 13.5. The average molecular weight is 331 g/mol. The molecule has 0 aromatic heterocycles. The highest BCUT2D eigenvalue weighted by Crippen LogP contribution is 2.20. The van der Waals surface area contributed by atoms with Crippen molar-refractivity contribution in [1.29, 1.82) is 0 Å². The first-order valence-corrected chi connectivity index (χ1v) is 8.07. The summed E-state index contributed by atoms with van der Waals surface area (Å²) in [6.07, 6.45) is 0. The molecule has 0 aliphatic rings. The standard InChI is InChI=1S/C11H15N3O5S2/c1-6-2-7(4-20(16)17)8(5-21(18)19)3-9(6)10(15)14-11(12)13/h2-3H,4-5H2,1H3,(H,16,17)(H,18,19)(H4,12,13,14,15)/p-2. The Balaban J connectivity index is 3.36. The van der Waals surface area contributed by atoms with E-state index < -0.39 is 39.8 Å². The van der Waals surface area contributed by atoms with Crippen molar-refractivity contribution in [3.63, 3.8) is 0 Å². The van der Waals surface area contributed by atoms with Crippen molar-refractivity contribution in [2.75, 3.05) is 0 Å². The number of nitrogens with two attached hydrogens (primary N) is 2. The van der Waals surface area contributed by atoms with Gasteiger partial charge in [-0.15, -0.1) is 0 Å². The minimum atomic E-state index is -2.43. The lowest BCUT2D eigenvalue weighted by Crippen LogP contribution is -2.24. The highest BCUT2D eigenvalue weighted by molar-refractivity contribution is 7.78. The fourth-order valence-corrected chi connectivity index (χ4v) is 2.79. The van der Waals surface area contributed by atoms with Crippen LogP contribution in [0.3, 0.4) is 0 Å². The Labute approximate surface area is 126 Å². The van der Waals surface area contributed by atoms with Crippen molar-refractivity contribution in [2.45, 2.75) is 18.4 Å². The van der Waals surface area contributed by atoms with E-state index in [1.54, 1.807) is 6.92 Å². The molecule has 0 heterocycles. The molecule has 0 aliphatic carbocycles. The van der Waals surface area contributed by atoms with Crippen molar-refractivity contribution in [3.05, 3.63) is 34.4 Å². The lowest BCUT2D eigenvalue weighted by atomic mass is 10.0. The molecule has 1 amide bonds. The Kier molecular flexibility index (Phi) is 6.15. The van der Waals surface area contributed by atoms with Crippen LogP contribution in [-0.2, 0) is 33.7 Å². The lowest BCUT2D eigenvalue weighted by Gasteiger charge is -2.15. The van der Waals surface area contributed by atoms with E-state index in [9.17, 15) is 22.3 Å². The van der Waals surface area contributed by atoms with Gasteiger partial charge in [-0.3, -0.25) is 13.2 Å². The van der Waals surface area contributed by atoms with Gasteiger partial charge in [0.25, 0.3) is 5.91 Å². The van der Waals surface area contributed by atoms with E-state index in [0.717, 1.165) is 0 Å². The van der Waals surface area contributed by atoms with Crippen LogP contribution < -0.4 is 11.5 Å². The summed E-state index contributed by atoms with van der Waals surface area (Å²) < 4.78 is 43.3. The Hall–Kier alpha value is -1.62. The molecule has 21 heavy (non-hydrogen) atoms. The van der Waals surface area contributed by atoms with Crippen LogP contribution >= 0.6 is 0 Å². The zero-order valence-electron chi connectivity index (χ0n) is 11.0.